The first-order chi connectivity index (χ1) is 7.59. The van der Waals surface area contributed by atoms with Gasteiger partial charge in [0, 0.05) is 12.2 Å². The van der Waals surface area contributed by atoms with E-state index in [0.717, 1.165) is 5.69 Å². The Hall–Kier alpha value is -1.58. The fourth-order valence-electron chi connectivity index (χ4n) is 1.10. The van der Waals surface area contributed by atoms with Crippen molar-refractivity contribution in [3.8, 4) is 0 Å². The number of aromatic nitrogens is 1. The molecular formula is C12H19N3O. The second-order valence-electron chi connectivity index (χ2n) is 4.18. The Morgan fingerprint density at radius 3 is 2.69 bits per heavy atom. The molecule has 0 bridgehead atoms. The second-order valence-corrected chi connectivity index (χ2v) is 4.18. The minimum atomic E-state index is -0.146. The van der Waals surface area contributed by atoms with E-state index in [1.165, 1.54) is 0 Å². The summed E-state index contributed by atoms with van der Waals surface area (Å²) in [7, 11) is 0. The van der Waals surface area contributed by atoms with Crippen LogP contribution in [0.1, 0.15) is 26.5 Å². The van der Waals surface area contributed by atoms with Crippen LogP contribution >= 0.6 is 0 Å². The monoisotopic (exact) mass is 221 g/mol. The van der Waals surface area contributed by atoms with Crippen molar-refractivity contribution in [3.05, 3.63) is 30.1 Å². The fraction of sp³-hybridized carbons (Fsp3) is 0.500. The summed E-state index contributed by atoms with van der Waals surface area (Å²) in [6.45, 7) is 6.59. The summed E-state index contributed by atoms with van der Waals surface area (Å²) in [6.07, 6.45) is 1.71. The number of rotatable bonds is 4. The molecule has 0 aliphatic rings. The molecular weight excluding hydrogens is 202 g/mol. The van der Waals surface area contributed by atoms with Gasteiger partial charge in [-0.15, -0.1) is 0 Å². The third-order valence-corrected chi connectivity index (χ3v) is 2.51. The van der Waals surface area contributed by atoms with Crippen molar-refractivity contribution >= 4 is 6.03 Å². The van der Waals surface area contributed by atoms with Gasteiger partial charge in [0.15, 0.2) is 0 Å². The van der Waals surface area contributed by atoms with Gasteiger partial charge < -0.3 is 10.6 Å². The maximum absolute atomic E-state index is 11.5. The molecule has 0 aliphatic carbocycles. The number of hydrogen-bond donors (Lipinski definition) is 2. The highest BCUT2D eigenvalue weighted by molar-refractivity contribution is 5.74. The molecule has 2 amide bonds. The highest BCUT2D eigenvalue weighted by atomic mass is 16.2. The van der Waals surface area contributed by atoms with Gasteiger partial charge in [-0.25, -0.2) is 4.79 Å². The minimum Gasteiger partial charge on any atom is -0.335 e. The summed E-state index contributed by atoms with van der Waals surface area (Å²) >= 11 is 0. The number of carbonyl (C=O) groups excluding carboxylic acids is 1. The van der Waals surface area contributed by atoms with Gasteiger partial charge in [-0.3, -0.25) is 4.98 Å². The SMILES string of the molecule is CC(C)C(C)NC(=O)NCc1ccccn1. The summed E-state index contributed by atoms with van der Waals surface area (Å²) in [5.41, 5.74) is 0.856. The molecule has 0 aliphatic heterocycles. The molecule has 4 nitrogen and oxygen atoms in total. The molecule has 0 saturated heterocycles. The van der Waals surface area contributed by atoms with Gasteiger partial charge in [0.25, 0.3) is 0 Å². The molecule has 1 heterocycles. The number of nitrogens with one attached hydrogen (secondary N) is 2. The van der Waals surface area contributed by atoms with E-state index in [-0.39, 0.29) is 12.1 Å². The smallest absolute Gasteiger partial charge is 0.315 e. The Balaban J connectivity index is 2.31. The average Bonchev–Trinajstić information content (AvgIpc) is 2.27. The Kier molecular flexibility index (Phi) is 4.76. The van der Waals surface area contributed by atoms with E-state index >= 15 is 0 Å². The zero-order valence-corrected chi connectivity index (χ0v) is 10.0. The first-order valence-electron chi connectivity index (χ1n) is 5.54. The van der Waals surface area contributed by atoms with E-state index in [2.05, 4.69) is 29.5 Å². The van der Waals surface area contributed by atoms with Crippen molar-refractivity contribution in [1.29, 1.82) is 0 Å². The molecule has 16 heavy (non-hydrogen) atoms. The number of amides is 2. The average molecular weight is 221 g/mol. The lowest BCUT2D eigenvalue weighted by Crippen LogP contribution is -2.42. The Bertz CT molecular complexity index is 324. The molecule has 1 unspecified atom stereocenters. The largest absolute Gasteiger partial charge is 0.335 e. The van der Waals surface area contributed by atoms with E-state index in [4.69, 9.17) is 0 Å². The van der Waals surface area contributed by atoms with Crippen LogP contribution in [0.25, 0.3) is 0 Å². The highest BCUT2D eigenvalue weighted by Crippen LogP contribution is 1.99. The van der Waals surface area contributed by atoms with E-state index in [1.807, 2.05) is 25.1 Å². The predicted octanol–water partition coefficient (Wildman–Crippen LogP) is 1.93. The van der Waals surface area contributed by atoms with Crippen LogP contribution in [0.2, 0.25) is 0 Å². The number of pyridine rings is 1. The van der Waals surface area contributed by atoms with Crippen LogP contribution in [0, 0.1) is 5.92 Å². The van der Waals surface area contributed by atoms with Crippen molar-refractivity contribution < 1.29 is 4.79 Å². The second kappa shape index (κ2) is 6.10. The van der Waals surface area contributed by atoms with Crippen LogP contribution in [-0.2, 0) is 6.54 Å². The van der Waals surface area contributed by atoms with E-state index in [9.17, 15) is 4.79 Å². The van der Waals surface area contributed by atoms with Gasteiger partial charge >= 0.3 is 6.03 Å². The lowest BCUT2D eigenvalue weighted by Gasteiger charge is -2.17. The number of hydrogen-bond acceptors (Lipinski definition) is 2. The van der Waals surface area contributed by atoms with Crippen LogP contribution in [-0.4, -0.2) is 17.1 Å². The predicted molar refractivity (Wildman–Crippen MR) is 63.9 cm³/mol. The summed E-state index contributed by atoms with van der Waals surface area (Å²) in [5.74, 6) is 0.431. The van der Waals surface area contributed by atoms with Crippen LogP contribution in [0.5, 0.6) is 0 Å². The molecule has 1 aromatic rings. The first-order valence-corrected chi connectivity index (χ1v) is 5.54. The molecule has 0 saturated carbocycles. The van der Waals surface area contributed by atoms with Gasteiger partial charge in [-0.2, -0.15) is 0 Å². The summed E-state index contributed by atoms with van der Waals surface area (Å²) in [4.78, 5) is 15.6. The maximum atomic E-state index is 11.5. The van der Waals surface area contributed by atoms with Crippen molar-refractivity contribution in [2.24, 2.45) is 5.92 Å². The topological polar surface area (TPSA) is 54.0 Å². The standard InChI is InChI=1S/C12H19N3O/c1-9(2)10(3)15-12(16)14-8-11-6-4-5-7-13-11/h4-7,9-10H,8H2,1-3H3,(H2,14,15,16). The molecule has 0 fully saturated rings. The van der Waals surface area contributed by atoms with Crippen LogP contribution in [0.15, 0.2) is 24.4 Å². The summed E-state index contributed by atoms with van der Waals surface area (Å²) in [6, 6.07) is 5.66. The number of urea groups is 1. The summed E-state index contributed by atoms with van der Waals surface area (Å²) < 4.78 is 0. The van der Waals surface area contributed by atoms with E-state index in [0.29, 0.717) is 12.5 Å². The van der Waals surface area contributed by atoms with Crippen molar-refractivity contribution in [3.63, 3.8) is 0 Å². The lowest BCUT2D eigenvalue weighted by atomic mass is 10.1. The van der Waals surface area contributed by atoms with Gasteiger partial charge in [0.1, 0.15) is 0 Å². The Morgan fingerprint density at radius 2 is 2.12 bits per heavy atom. The third kappa shape index (κ3) is 4.29. The van der Waals surface area contributed by atoms with Crippen molar-refractivity contribution in [2.45, 2.75) is 33.4 Å². The van der Waals surface area contributed by atoms with E-state index in [1.54, 1.807) is 6.20 Å². The molecule has 0 spiro atoms. The highest BCUT2D eigenvalue weighted by Gasteiger charge is 2.09. The minimum absolute atomic E-state index is 0.146. The Morgan fingerprint density at radius 1 is 1.38 bits per heavy atom. The maximum Gasteiger partial charge on any atom is 0.315 e. The van der Waals surface area contributed by atoms with Crippen LogP contribution in [0.3, 0.4) is 0 Å². The zero-order valence-electron chi connectivity index (χ0n) is 10.0. The van der Waals surface area contributed by atoms with Gasteiger partial charge in [0.2, 0.25) is 0 Å². The molecule has 88 valence electrons. The quantitative estimate of drug-likeness (QED) is 0.816. The van der Waals surface area contributed by atoms with Crippen molar-refractivity contribution in [2.75, 3.05) is 0 Å². The van der Waals surface area contributed by atoms with Crippen molar-refractivity contribution in [1.82, 2.24) is 15.6 Å². The van der Waals surface area contributed by atoms with E-state index < -0.39 is 0 Å². The normalized spacial score (nSPS) is 12.2. The third-order valence-electron chi connectivity index (χ3n) is 2.51. The number of nitrogens with zero attached hydrogens (tertiary/aromatic N) is 1. The number of carbonyl (C=O) groups is 1. The molecule has 1 atom stereocenters. The molecule has 0 radical (unpaired) electrons. The molecule has 1 aromatic heterocycles. The zero-order chi connectivity index (χ0) is 12.0. The Labute approximate surface area is 96.5 Å². The fourth-order valence-corrected chi connectivity index (χ4v) is 1.10. The first kappa shape index (κ1) is 12.5. The lowest BCUT2D eigenvalue weighted by molar-refractivity contribution is 0.234. The van der Waals surface area contributed by atoms with Gasteiger partial charge in [0.05, 0.1) is 12.2 Å². The van der Waals surface area contributed by atoms with Crippen LogP contribution < -0.4 is 10.6 Å². The summed E-state index contributed by atoms with van der Waals surface area (Å²) in [5, 5.41) is 5.64. The molecule has 0 aromatic carbocycles. The van der Waals surface area contributed by atoms with Crippen LogP contribution in [0.4, 0.5) is 4.79 Å². The van der Waals surface area contributed by atoms with Gasteiger partial charge in [-0.05, 0) is 25.0 Å². The molecule has 4 heteroatoms. The molecule has 2 N–H and O–H groups in total. The molecule has 1 rings (SSSR count). The van der Waals surface area contributed by atoms with Gasteiger partial charge in [-0.1, -0.05) is 19.9 Å².